The molecule has 0 radical (unpaired) electrons. The molecule has 0 amide bonds. The van der Waals surface area contributed by atoms with Crippen LogP contribution in [0.3, 0.4) is 0 Å². The summed E-state index contributed by atoms with van der Waals surface area (Å²) >= 11 is 0. The molecule has 1 aromatic rings. The normalized spacial score (nSPS) is 13.1. The van der Waals surface area contributed by atoms with Crippen molar-refractivity contribution in [2.75, 3.05) is 14.1 Å². The molecule has 0 N–H and O–H groups in total. The van der Waals surface area contributed by atoms with E-state index >= 15 is 0 Å². The number of para-hydroxylation sites is 1. The van der Waals surface area contributed by atoms with Crippen LogP contribution in [0.5, 0.6) is 5.75 Å². The van der Waals surface area contributed by atoms with Gasteiger partial charge in [-0.25, -0.2) is 0 Å². The van der Waals surface area contributed by atoms with Crippen LogP contribution in [0.25, 0.3) is 0 Å². The zero-order valence-electron chi connectivity index (χ0n) is 13.7. The summed E-state index contributed by atoms with van der Waals surface area (Å²) in [6, 6.07) is 9.72. The minimum Gasteiger partial charge on any atom is -0.530 e. The maximum Gasteiger partial charge on any atom is 0.252 e. The van der Waals surface area contributed by atoms with Gasteiger partial charge in [-0.2, -0.15) is 0 Å². The van der Waals surface area contributed by atoms with E-state index in [-0.39, 0.29) is 5.04 Å². The predicted octanol–water partition coefficient (Wildman–Crippen LogP) is 4.45. The first-order valence-electron chi connectivity index (χ1n) is 6.92. The number of ether oxygens (including phenoxy) is 1. The van der Waals surface area contributed by atoms with E-state index in [1.54, 1.807) is 6.26 Å². The van der Waals surface area contributed by atoms with Crippen molar-refractivity contribution in [2.45, 2.75) is 38.9 Å². The quantitative estimate of drug-likeness (QED) is 0.591. The maximum atomic E-state index is 6.29. The Kier molecular flexibility index (Phi) is 5.28. The van der Waals surface area contributed by atoms with Crippen molar-refractivity contribution in [3.05, 3.63) is 42.5 Å². The second-order valence-corrected chi connectivity index (χ2v) is 11.4. The minimum absolute atomic E-state index is 0.162. The molecule has 4 heteroatoms. The van der Waals surface area contributed by atoms with Gasteiger partial charge in [-0.1, -0.05) is 39.0 Å². The van der Waals surface area contributed by atoms with Crippen molar-refractivity contribution in [3.8, 4) is 5.75 Å². The Morgan fingerprint density at radius 1 is 1.10 bits per heavy atom. The predicted molar refractivity (Wildman–Crippen MR) is 87.1 cm³/mol. The molecule has 0 atom stereocenters. The van der Waals surface area contributed by atoms with Gasteiger partial charge in [-0.3, -0.25) is 0 Å². The van der Waals surface area contributed by atoms with Crippen molar-refractivity contribution in [1.82, 2.24) is 4.90 Å². The smallest absolute Gasteiger partial charge is 0.252 e. The standard InChI is InChI=1S/C16H27NO2Si/c1-16(2,3)20(6,7)19-15(17(4)5)13-18-14-11-9-8-10-12-14/h8-13H,1-7H3/b15-13-. The zero-order chi connectivity index (χ0) is 15.4. The molecule has 3 nitrogen and oxygen atoms in total. The summed E-state index contributed by atoms with van der Waals surface area (Å²) in [5.41, 5.74) is 0. The van der Waals surface area contributed by atoms with E-state index in [0.717, 1.165) is 11.6 Å². The zero-order valence-corrected chi connectivity index (χ0v) is 14.7. The molecular formula is C16H27NO2Si. The third kappa shape index (κ3) is 4.60. The van der Waals surface area contributed by atoms with E-state index in [2.05, 4.69) is 33.9 Å². The number of rotatable bonds is 5. The Bertz CT molecular complexity index is 447. The first kappa shape index (κ1) is 16.6. The van der Waals surface area contributed by atoms with Crippen molar-refractivity contribution < 1.29 is 9.16 Å². The fraction of sp³-hybridized carbons (Fsp3) is 0.500. The van der Waals surface area contributed by atoms with Crippen LogP contribution in [0.1, 0.15) is 20.8 Å². The van der Waals surface area contributed by atoms with Gasteiger partial charge in [-0.15, -0.1) is 0 Å². The minimum atomic E-state index is -1.86. The molecule has 1 rings (SSSR count). The van der Waals surface area contributed by atoms with Gasteiger partial charge in [-0.05, 0) is 30.3 Å². The molecule has 0 aliphatic rings. The number of hydrogen-bond donors (Lipinski definition) is 0. The molecule has 1 aromatic carbocycles. The highest BCUT2D eigenvalue weighted by Gasteiger charge is 2.39. The van der Waals surface area contributed by atoms with Crippen molar-refractivity contribution in [2.24, 2.45) is 0 Å². The highest BCUT2D eigenvalue weighted by atomic mass is 28.4. The van der Waals surface area contributed by atoms with E-state index in [9.17, 15) is 0 Å². The lowest BCUT2D eigenvalue weighted by molar-refractivity contribution is 0.243. The topological polar surface area (TPSA) is 21.7 Å². The highest BCUT2D eigenvalue weighted by molar-refractivity contribution is 6.74. The number of benzene rings is 1. The summed E-state index contributed by atoms with van der Waals surface area (Å²) in [6.45, 7) is 11.1. The summed E-state index contributed by atoms with van der Waals surface area (Å²) in [4.78, 5) is 1.95. The third-order valence-corrected chi connectivity index (χ3v) is 7.98. The molecule has 0 saturated heterocycles. The summed E-state index contributed by atoms with van der Waals surface area (Å²) in [5, 5.41) is 0.162. The first-order valence-corrected chi connectivity index (χ1v) is 9.82. The van der Waals surface area contributed by atoms with Gasteiger partial charge in [0, 0.05) is 14.1 Å². The van der Waals surface area contributed by atoms with Crippen LogP contribution in [0.15, 0.2) is 42.5 Å². The summed E-state index contributed by atoms with van der Waals surface area (Å²) in [6.07, 6.45) is 1.69. The van der Waals surface area contributed by atoms with E-state index in [1.165, 1.54) is 0 Å². The largest absolute Gasteiger partial charge is 0.530 e. The Morgan fingerprint density at radius 2 is 1.65 bits per heavy atom. The van der Waals surface area contributed by atoms with Crippen LogP contribution < -0.4 is 4.74 Å². The van der Waals surface area contributed by atoms with Crippen molar-refractivity contribution in [3.63, 3.8) is 0 Å². The SMILES string of the molecule is CN(C)/C(=C/Oc1ccccc1)O[Si](C)(C)C(C)(C)C. The van der Waals surface area contributed by atoms with E-state index in [0.29, 0.717) is 0 Å². The Labute approximate surface area is 124 Å². The van der Waals surface area contributed by atoms with Crippen LogP contribution in [-0.4, -0.2) is 27.3 Å². The first-order chi connectivity index (χ1) is 9.13. The molecule has 0 saturated carbocycles. The Hall–Kier alpha value is -1.42. The molecule has 0 heterocycles. The van der Waals surface area contributed by atoms with Crippen LogP contribution in [0.2, 0.25) is 18.1 Å². The van der Waals surface area contributed by atoms with Gasteiger partial charge in [0.15, 0.2) is 0 Å². The van der Waals surface area contributed by atoms with Crippen LogP contribution in [0, 0.1) is 0 Å². The second kappa shape index (κ2) is 6.35. The van der Waals surface area contributed by atoms with Gasteiger partial charge in [0.2, 0.25) is 5.88 Å². The van der Waals surface area contributed by atoms with E-state index < -0.39 is 8.32 Å². The highest BCUT2D eigenvalue weighted by Crippen LogP contribution is 2.38. The lowest BCUT2D eigenvalue weighted by Crippen LogP contribution is -2.42. The number of nitrogens with zero attached hydrogens (tertiary/aromatic N) is 1. The van der Waals surface area contributed by atoms with Crippen molar-refractivity contribution in [1.29, 1.82) is 0 Å². The molecule has 0 unspecified atom stereocenters. The summed E-state index contributed by atoms with van der Waals surface area (Å²) in [7, 11) is 2.07. The van der Waals surface area contributed by atoms with Gasteiger partial charge < -0.3 is 14.1 Å². The van der Waals surface area contributed by atoms with Crippen LogP contribution >= 0.6 is 0 Å². The molecule has 0 aliphatic carbocycles. The lowest BCUT2D eigenvalue weighted by atomic mass is 10.2. The fourth-order valence-corrected chi connectivity index (χ4v) is 2.31. The third-order valence-electron chi connectivity index (χ3n) is 3.65. The summed E-state index contributed by atoms with van der Waals surface area (Å²) < 4.78 is 12.0. The average Bonchev–Trinajstić information content (AvgIpc) is 2.34. The molecule has 112 valence electrons. The molecule has 0 aromatic heterocycles. The second-order valence-electron chi connectivity index (χ2n) is 6.64. The van der Waals surface area contributed by atoms with Gasteiger partial charge in [0.1, 0.15) is 12.0 Å². The van der Waals surface area contributed by atoms with Crippen LogP contribution in [-0.2, 0) is 4.43 Å². The molecule has 20 heavy (non-hydrogen) atoms. The van der Waals surface area contributed by atoms with Gasteiger partial charge in [0.25, 0.3) is 8.32 Å². The number of hydrogen-bond acceptors (Lipinski definition) is 3. The van der Waals surface area contributed by atoms with Crippen molar-refractivity contribution >= 4 is 8.32 Å². The molecule has 0 bridgehead atoms. The lowest BCUT2D eigenvalue weighted by Gasteiger charge is -2.38. The molecular weight excluding hydrogens is 266 g/mol. The van der Waals surface area contributed by atoms with Gasteiger partial charge in [0.05, 0.1) is 0 Å². The molecule has 0 aliphatic heterocycles. The fourth-order valence-electron chi connectivity index (χ4n) is 1.25. The average molecular weight is 293 g/mol. The van der Waals surface area contributed by atoms with E-state index in [1.807, 2.05) is 49.3 Å². The van der Waals surface area contributed by atoms with Crippen LogP contribution in [0.4, 0.5) is 0 Å². The Morgan fingerprint density at radius 3 is 2.10 bits per heavy atom. The monoisotopic (exact) mass is 293 g/mol. The Balaban J connectivity index is 2.85. The summed E-state index contributed by atoms with van der Waals surface area (Å²) in [5.74, 6) is 1.58. The van der Waals surface area contributed by atoms with E-state index in [4.69, 9.17) is 9.16 Å². The molecule has 0 spiro atoms. The van der Waals surface area contributed by atoms with Gasteiger partial charge >= 0.3 is 0 Å². The molecule has 0 fully saturated rings. The maximum absolute atomic E-state index is 6.29.